The Morgan fingerprint density at radius 1 is 0.843 bits per heavy atom. The average molecular weight is 745 g/mol. The van der Waals surface area contributed by atoms with Gasteiger partial charge < -0.3 is 29.5 Å². The fraction of sp³-hybridized carbons (Fsp3) is 0.821. The second-order valence-electron chi connectivity index (χ2n) is 14.5. The standard InChI is InChI=1S/C39H69O11P/c1-4-5-16-22-32(40)26-27-35-34(36(41)28-37(35)42)23-18-14-15-20-25-39(44)50-33(30-49-51(45,46)47)29-48-38(43)24-19-13-11-9-7-6-8-10-12-17-21-31(2)3/h14,18,26-27,31-36,40-41H,4-13,15-17,19-25,28-30H2,1-3H3,(H2,45,46,47)/b18-14-,27-26+/t32-,33+,34+,35+,36-/m0/s1. The number of esters is 2. The molecule has 51 heavy (non-hydrogen) atoms. The van der Waals surface area contributed by atoms with Crippen LogP contribution in [0.1, 0.15) is 156 Å². The summed E-state index contributed by atoms with van der Waals surface area (Å²) in [6.07, 6.45) is 22.8. The minimum absolute atomic E-state index is 0.0225. The number of aliphatic hydroxyl groups excluding tert-OH is 2. The molecule has 0 bridgehead atoms. The summed E-state index contributed by atoms with van der Waals surface area (Å²) in [5.41, 5.74) is 0. The van der Waals surface area contributed by atoms with Crippen LogP contribution < -0.4 is 0 Å². The molecule has 0 saturated heterocycles. The summed E-state index contributed by atoms with van der Waals surface area (Å²) in [7, 11) is -4.82. The van der Waals surface area contributed by atoms with Gasteiger partial charge in [0.25, 0.3) is 0 Å². The van der Waals surface area contributed by atoms with Crippen molar-refractivity contribution in [2.45, 2.75) is 174 Å². The van der Waals surface area contributed by atoms with Crippen LogP contribution in [0, 0.1) is 17.8 Å². The van der Waals surface area contributed by atoms with Crippen LogP contribution in [0.3, 0.4) is 0 Å². The molecule has 12 heteroatoms. The number of hydrogen-bond acceptors (Lipinski definition) is 9. The summed E-state index contributed by atoms with van der Waals surface area (Å²) in [5, 5.41) is 20.6. The molecule has 0 spiro atoms. The van der Waals surface area contributed by atoms with Crippen LogP contribution in [-0.2, 0) is 32.9 Å². The third-order valence-corrected chi connectivity index (χ3v) is 9.76. The fourth-order valence-electron chi connectivity index (χ4n) is 6.24. The number of ketones is 1. The first-order valence-corrected chi connectivity index (χ1v) is 21.1. The number of rotatable bonds is 31. The van der Waals surface area contributed by atoms with Gasteiger partial charge in [-0.05, 0) is 38.0 Å². The number of carbonyl (C=O) groups excluding carboxylic acids is 3. The van der Waals surface area contributed by atoms with Crippen LogP contribution in [0.25, 0.3) is 0 Å². The lowest BCUT2D eigenvalue weighted by atomic mass is 9.90. The van der Waals surface area contributed by atoms with E-state index in [1.54, 1.807) is 12.2 Å². The number of allylic oxidation sites excluding steroid dienone is 3. The summed E-state index contributed by atoms with van der Waals surface area (Å²) < 4.78 is 26.3. The highest BCUT2D eigenvalue weighted by Crippen LogP contribution is 2.36. The smallest absolute Gasteiger partial charge is 0.462 e. The average Bonchev–Trinajstić information content (AvgIpc) is 3.33. The molecule has 0 aromatic carbocycles. The highest BCUT2D eigenvalue weighted by atomic mass is 31.2. The topological polar surface area (TPSA) is 177 Å². The second-order valence-corrected chi connectivity index (χ2v) is 15.8. The molecule has 0 aliphatic heterocycles. The minimum atomic E-state index is -4.82. The van der Waals surface area contributed by atoms with Crippen molar-refractivity contribution in [1.29, 1.82) is 0 Å². The maximum atomic E-state index is 12.5. The van der Waals surface area contributed by atoms with Crippen molar-refractivity contribution >= 4 is 25.5 Å². The highest BCUT2D eigenvalue weighted by molar-refractivity contribution is 7.46. The summed E-state index contributed by atoms with van der Waals surface area (Å²) in [4.78, 5) is 55.4. The van der Waals surface area contributed by atoms with E-state index < -0.39 is 50.6 Å². The monoisotopic (exact) mass is 744 g/mol. The van der Waals surface area contributed by atoms with Gasteiger partial charge in [-0.1, -0.05) is 129 Å². The van der Waals surface area contributed by atoms with Gasteiger partial charge in [-0.25, -0.2) is 4.57 Å². The number of phosphoric acid groups is 1. The van der Waals surface area contributed by atoms with Crippen LogP contribution in [0.2, 0.25) is 0 Å². The highest BCUT2D eigenvalue weighted by Gasteiger charge is 2.39. The lowest BCUT2D eigenvalue weighted by Crippen LogP contribution is -2.29. The molecule has 11 nitrogen and oxygen atoms in total. The number of carbonyl (C=O) groups is 3. The maximum absolute atomic E-state index is 12.5. The first-order chi connectivity index (χ1) is 24.3. The number of unbranched alkanes of at least 4 members (excludes halogenated alkanes) is 12. The van der Waals surface area contributed by atoms with Gasteiger partial charge >= 0.3 is 19.8 Å². The maximum Gasteiger partial charge on any atom is 0.469 e. The van der Waals surface area contributed by atoms with Gasteiger partial charge in [0, 0.05) is 31.1 Å². The Hall–Kier alpha value is -1.88. The fourth-order valence-corrected chi connectivity index (χ4v) is 6.60. The molecule has 0 heterocycles. The molecular weight excluding hydrogens is 675 g/mol. The van der Waals surface area contributed by atoms with E-state index in [1.165, 1.54) is 44.9 Å². The van der Waals surface area contributed by atoms with Crippen molar-refractivity contribution < 1.29 is 52.9 Å². The van der Waals surface area contributed by atoms with Crippen LogP contribution in [0.5, 0.6) is 0 Å². The Morgan fingerprint density at radius 2 is 1.45 bits per heavy atom. The predicted molar refractivity (Wildman–Crippen MR) is 199 cm³/mol. The Kier molecular flexibility index (Phi) is 26.4. The van der Waals surface area contributed by atoms with Crippen molar-refractivity contribution in [3.8, 4) is 0 Å². The van der Waals surface area contributed by atoms with E-state index in [0.717, 1.165) is 44.4 Å². The first-order valence-electron chi connectivity index (χ1n) is 19.6. The predicted octanol–water partition coefficient (Wildman–Crippen LogP) is 8.07. The van der Waals surface area contributed by atoms with Crippen LogP contribution in [0.4, 0.5) is 0 Å². The lowest BCUT2D eigenvalue weighted by molar-refractivity contribution is -0.161. The summed E-state index contributed by atoms with van der Waals surface area (Å²) in [6, 6.07) is 0. The van der Waals surface area contributed by atoms with E-state index >= 15 is 0 Å². The summed E-state index contributed by atoms with van der Waals surface area (Å²) in [6.45, 7) is 5.64. The summed E-state index contributed by atoms with van der Waals surface area (Å²) in [5.74, 6) is -1.07. The number of ether oxygens (including phenoxy) is 2. The molecule has 0 radical (unpaired) electrons. The van der Waals surface area contributed by atoms with E-state index in [0.29, 0.717) is 32.1 Å². The molecule has 296 valence electrons. The SMILES string of the molecule is CCCCC[C@H](O)/C=C/[C@H]1C(=O)C[C@H](O)[C@@H]1C/C=C\CCCC(=O)O[C@H](COC(=O)CCCCCCCCCCCCC(C)C)COP(=O)(O)O. The van der Waals surface area contributed by atoms with E-state index in [4.69, 9.17) is 19.3 Å². The molecule has 1 aliphatic carbocycles. The van der Waals surface area contributed by atoms with Gasteiger partial charge in [0.05, 0.1) is 18.8 Å². The normalized spacial score (nSPS) is 19.4. The van der Waals surface area contributed by atoms with Gasteiger partial charge in [-0.15, -0.1) is 0 Å². The van der Waals surface area contributed by atoms with Crippen molar-refractivity contribution in [3.05, 3.63) is 24.3 Å². The minimum Gasteiger partial charge on any atom is -0.462 e. The van der Waals surface area contributed by atoms with Gasteiger partial charge in [0.1, 0.15) is 12.4 Å². The Morgan fingerprint density at radius 3 is 2.08 bits per heavy atom. The first kappa shape index (κ1) is 47.1. The molecule has 0 aromatic heterocycles. The van der Waals surface area contributed by atoms with Crippen LogP contribution in [-0.4, -0.2) is 69.2 Å². The number of Topliss-reactive ketones (excluding diaryl/α,β-unsaturated/α-hetero) is 1. The van der Waals surface area contributed by atoms with E-state index in [-0.39, 0.29) is 37.6 Å². The number of phosphoric ester groups is 1. The number of hydrogen-bond donors (Lipinski definition) is 4. The molecule has 0 aromatic rings. The van der Waals surface area contributed by atoms with Gasteiger partial charge in [0.15, 0.2) is 6.10 Å². The van der Waals surface area contributed by atoms with Crippen molar-refractivity contribution in [1.82, 2.24) is 0 Å². The van der Waals surface area contributed by atoms with Crippen LogP contribution >= 0.6 is 7.82 Å². The van der Waals surface area contributed by atoms with E-state index in [9.17, 15) is 29.2 Å². The zero-order valence-electron chi connectivity index (χ0n) is 31.6. The van der Waals surface area contributed by atoms with Gasteiger partial charge in [-0.2, -0.15) is 0 Å². The van der Waals surface area contributed by atoms with Gasteiger partial charge in [0.2, 0.25) is 0 Å². The van der Waals surface area contributed by atoms with Crippen molar-refractivity contribution in [2.75, 3.05) is 13.2 Å². The molecule has 1 saturated carbocycles. The second kappa shape index (κ2) is 28.6. The number of aliphatic hydroxyl groups is 2. The molecule has 5 atom stereocenters. The lowest BCUT2D eigenvalue weighted by Gasteiger charge is -2.18. The van der Waals surface area contributed by atoms with Gasteiger partial charge in [-0.3, -0.25) is 18.9 Å². The quantitative estimate of drug-likeness (QED) is 0.0234. The molecule has 4 N–H and O–H groups in total. The molecular formula is C39H69O11P. The molecule has 0 unspecified atom stereocenters. The Balaban J connectivity index is 2.34. The Bertz CT molecular complexity index is 1050. The van der Waals surface area contributed by atoms with Crippen molar-refractivity contribution in [3.63, 3.8) is 0 Å². The molecule has 1 fully saturated rings. The molecule has 1 rings (SSSR count). The molecule has 0 amide bonds. The summed E-state index contributed by atoms with van der Waals surface area (Å²) >= 11 is 0. The van der Waals surface area contributed by atoms with E-state index in [1.807, 2.05) is 12.2 Å². The van der Waals surface area contributed by atoms with Crippen LogP contribution in [0.15, 0.2) is 24.3 Å². The third kappa shape index (κ3) is 25.7. The third-order valence-electron chi connectivity index (χ3n) is 9.28. The molecule has 1 aliphatic rings. The zero-order valence-corrected chi connectivity index (χ0v) is 32.5. The largest absolute Gasteiger partial charge is 0.469 e. The Labute approximate surface area is 307 Å². The zero-order chi connectivity index (χ0) is 37.9. The van der Waals surface area contributed by atoms with E-state index in [2.05, 4.69) is 25.3 Å². The van der Waals surface area contributed by atoms with Crippen molar-refractivity contribution in [2.24, 2.45) is 17.8 Å².